The average Bonchev–Trinajstić information content (AvgIpc) is 2.74. The van der Waals surface area contributed by atoms with Crippen molar-refractivity contribution in [2.75, 3.05) is 0 Å². The number of aryl methyl sites for hydroxylation is 1. The van der Waals surface area contributed by atoms with Crippen LogP contribution in [-0.4, -0.2) is 25.0 Å². The number of benzene rings is 1. The van der Waals surface area contributed by atoms with E-state index in [1.165, 1.54) is 11.0 Å². The summed E-state index contributed by atoms with van der Waals surface area (Å²) in [5.74, 6) is 0. The minimum absolute atomic E-state index is 0.215. The molecule has 0 atom stereocenters. The molecule has 1 N–H and O–H groups in total. The number of hydrogen-bond acceptors (Lipinski definition) is 4. The number of aromatic amines is 1. The van der Waals surface area contributed by atoms with Gasteiger partial charge in [0.1, 0.15) is 0 Å². The maximum atomic E-state index is 11.5. The summed E-state index contributed by atoms with van der Waals surface area (Å²) < 4.78 is 1.52. The van der Waals surface area contributed by atoms with E-state index in [2.05, 4.69) is 20.3 Å². The Hall–Kier alpha value is -2.21. The van der Waals surface area contributed by atoms with Gasteiger partial charge in [0.15, 0.2) is 11.2 Å². The molecule has 0 spiro atoms. The van der Waals surface area contributed by atoms with Crippen molar-refractivity contribution in [3.63, 3.8) is 0 Å². The van der Waals surface area contributed by atoms with Gasteiger partial charge in [-0.15, -0.1) is 5.10 Å². The van der Waals surface area contributed by atoms with E-state index in [9.17, 15) is 4.79 Å². The summed E-state index contributed by atoms with van der Waals surface area (Å²) in [5, 5.41) is 8.43. The second-order valence-electron chi connectivity index (χ2n) is 3.84. The summed E-state index contributed by atoms with van der Waals surface area (Å²) >= 11 is 5.91. The van der Waals surface area contributed by atoms with E-state index >= 15 is 0 Å². The van der Waals surface area contributed by atoms with E-state index < -0.39 is 0 Å². The highest BCUT2D eigenvalue weighted by Crippen LogP contribution is 2.19. The topological polar surface area (TPSA) is 76.5 Å². The zero-order chi connectivity index (χ0) is 12.7. The lowest BCUT2D eigenvalue weighted by molar-refractivity contribution is 0.812. The predicted octanol–water partition coefficient (Wildman–Crippen LogP) is 1.47. The van der Waals surface area contributed by atoms with Crippen molar-refractivity contribution >= 4 is 22.8 Å². The Kier molecular flexibility index (Phi) is 2.38. The average molecular weight is 262 g/mol. The van der Waals surface area contributed by atoms with Crippen LogP contribution >= 0.6 is 11.6 Å². The highest BCUT2D eigenvalue weighted by Gasteiger charge is 2.12. The highest BCUT2D eigenvalue weighted by molar-refractivity contribution is 6.30. The maximum absolute atomic E-state index is 11.5. The van der Waals surface area contributed by atoms with Crippen molar-refractivity contribution in [2.24, 2.45) is 0 Å². The maximum Gasteiger partial charge on any atom is 0.280 e. The van der Waals surface area contributed by atoms with Gasteiger partial charge in [-0.1, -0.05) is 16.8 Å². The molecule has 0 unspecified atom stereocenters. The normalized spacial score (nSPS) is 11.0. The molecule has 3 rings (SSSR count). The number of hydrogen-bond donors (Lipinski definition) is 1. The molecule has 0 radical (unpaired) electrons. The van der Waals surface area contributed by atoms with Gasteiger partial charge in [-0.2, -0.15) is 4.68 Å². The van der Waals surface area contributed by atoms with Crippen LogP contribution < -0.4 is 5.56 Å². The van der Waals surface area contributed by atoms with Crippen molar-refractivity contribution in [3.8, 4) is 5.69 Å². The second kappa shape index (κ2) is 3.92. The van der Waals surface area contributed by atoms with E-state index in [4.69, 9.17) is 11.6 Å². The van der Waals surface area contributed by atoms with Crippen LogP contribution in [0.15, 0.2) is 29.3 Å². The molecular weight excluding hydrogens is 254 g/mol. The number of H-pyrrole nitrogens is 1. The smallest absolute Gasteiger partial charge is 0.280 e. The fourth-order valence-electron chi connectivity index (χ4n) is 1.78. The third-order valence-electron chi connectivity index (χ3n) is 2.63. The van der Waals surface area contributed by atoms with Crippen LogP contribution in [0, 0.1) is 6.92 Å². The van der Waals surface area contributed by atoms with E-state index in [0.29, 0.717) is 10.7 Å². The Labute approximate surface area is 106 Å². The van der Waals surface area contributed by atoms with E-state index in [1.807, 2.05) is 19.1 Å². The van der Waals surface area contributed by atoms with Crippen LogP contribution in [0.5, 0.6) is 0 Å². The molecule has 0 saturated heterocycles. The molecule has 0 aliphatic carbocycles. The van der Waals surface area contributed by atoms with Gasteiger partial charge in [-0.05, 0) is 30.7 Å². The molecule has 0 bridgehead atoms. The summed E-state index contributed by atoms with van der Waals surface area (Å²) in [6.45, 7) is 1.90. The largest absolute Gasteiger partial charge is 0.311 e. The van der Waals surface area contributed by atoms with Gasteiger partial charge in [-0.25, -0.2) is 4.98 Å². The van der Waals surface area contributed by atoms with E-state index in [-0.39, 0.29) is 11.1 Å². The van der Waals surface area contributed by atoms with Crippen molar-refractivity contribution in [3.05, 3.63) is 45.5 Å². The Morgan fingerprint density at radius 2 is 2.22 bits per heavy atom. The lowest BCUT2D eigenvalue weighted by Gasteiger charge is -2.05. The molecule has 3 aromatic rings. The zero-order valence-corrected chi connectivity index (χ0v) is 10.1. The Bertz CT molecular complexity index is 791. The van der Waals surface area contributed by atoms with Gasteiger partial charge in [-0.3, -0.25) is 4.79 Å². The zero-order valence-electron chi connectivity index (χ0n) is 9.38. The molecule has 6 nitrogen and oxygen atoms in total. The quantitative estimate of drug-likeness (QED) is 0.720. The molecule has 1 aromatic carbocycles. The van der Waals surface area contributed by atoms with Gasteiger partial charge < -0.3 is 4.98 Å². The summed E-state index contributed by atoms with van der Waals surface area (Å²) in [4.78, 5) is 18.1. The fourth-order valence-corrected chi connectivity index (χ4v) is 2.01. The fraction of sp³-hybridized carbons (Fsp3) is 0.0909. The van der Waals surface area contributed by atoms with Crippen LogP contribution in [0.2, 0.25) is 5.02 Å². The van der Waals surface area contributed by atoms with Crippen molar-refractivity contribution < 1.29 is 0 Å². The molecule has 2 aromatic heterocycles. The summed E-state index contributed by atoms with van der Waals surface area (Å²) in [6, 6.07) is 5.39. The van der Waals surface area contributed by atoms with Gasteiger partial charge in [0.05, 0.1) is 12.0 Å². The van der Waals surface area contributed by atoms with Crippen LogP contribution in [0.4, 0.5) is 0 Å². The van der Waals surface area contributed by atoms with E-state index in [0.717, 1.165) is 11.3 Å². The van der Waals surface area contributed by atoms with E-state index in [1.54, 1.807) is 6.07 Å². The molecule has 7 heteroatoms. The molecule has 0 aliphatic heterocycles. The number of nitrogens with one attached hydrogen (secondary N) is 1. The number of nitrogens with zero attached hydrogens (tertiary/aromatic N) is 4. The first-order chi connectivity index (χ1) is 8.66. The van der Waals surface area contributed by atoms with Crippen molar-refractivity contribution in [1.29, 1.82) is 0 Å². The molecule has 0 saturated carbocycles. The van der Waals surface area contributed by atoms with Crippen LogP contribution in [0.1, 0.15) is 5.56 Å². The number of rotatable bonds is 1. The van der Waals surface area contributed by atoms with Gasteiger partial charge in [0.2, 0.25) is 0 Å². The Morgan fingerprint density at radius 3 is 3.00 bits per heavy atom. The number of halogens is 1. The lowest BCUT2D eigenvalue weighted by Crippen LogP contribution is -2.07. The van der Waals surface area contributed by atoms with Crippen molar-refractivity contribution in [1.82, 2.24) is 25.0 Å². The number of fused-ring (bicyclic) bond motifs is 1. The van der Waals surface area contributed by atoms with Crippen LogP contribution in [-0.2, 0) is 0 Å². The third kappa shape index (κ3) is 1.58. The molecule has 0 fully saturated rings. The summed E-state index contributed by atoms with van der Waals surface area (Å²) in [5.41, 5.74) is 2.05. The minimum Gasteiger partial charge on any atom is -0.311 e. The molecular formula is C11H8ClN5O. The molecule has 2 heterocycles. The van der Waals surface area contributed by atoms with Gasteiger partial charge in [0, 0.05) is 5.02 Å². The second-order valence-corrected chi connectivity index (χ2v) is 4.27. The van der Waals surface area contributed by atoms with Crippen LogP contribution in [0.3, 0.4) is 0 Å². The molecule has 18 heavy (non-hydrogen) atoms. The Morgan fingerprint density at radius 1 is 1.39 bits per heavy atom. The monoisotopic (exact) mass is 261 g/mol. The first-order valence-corrected chi connectivity index (χ1v) is 5.60. The molecule has 90 valence electrons. The standard InChI is InChI=1S/C11H8ClN5O/c1-6-4-7(12)2-3-8(6)17-10-9(15-16-17)11(18)14-5-13-10/h2-5H,1H3,(H,13,14,18). The van der Waals surface area contributed by atoms with Crippen LogP contribution in [0.25, 0.3) is 16.9 Å². The first kappa shape index (κ1) is 10.9. The Balaban J connectivity index is 2.32. The first-order valence-electron chi connectivity index (χ1n) is 5.22. The van der Waals surface area contributed by atoms with Gasteiger partial charge >= 0.3 is 0 Å². The summed E-state index contributed by atoms with van der Waals surface area (Å²) in [6.07, 6.45) is 1.33. The van der Waals surface area contributed by atoms with Crippen molar-refractivity contribution in [2.45, 2.75) is 6.92 Å². The van der Waals surface area contributed by atoms with Gasteiger partial charge in [0.25, 0.3) is 5.56 Å². The predicted molar refractivity (Wildman–Crippen MR) is 67.0 cm³/mol. The lowest BCUT2D eigenvalue weighted by atomic mass is 10.2. The highest BCUT2D eigenvalue weighted by atomic mass is 35.5. The SMILES string of the molecule is Cc1cc(Cl)ccc1-n1nnc2c(=O)[nH]cnc21. The number of aromatic nitrogens is 5. The summed E-state index contributed by atoms with van der Waals surface area (Å²) in [7, 11) is 0. The third-order valence-corrected chi connectivity index (χ3v) is 2.87. The minimum atomic E-state index is -0.308. The molecule has 0 aliphatic rings. The molecule has 0 amide bonds.